The SMILES string of the molecule is CCc1nc2[nH]c(=O)c(CCO)c(C)n2n1. The van der Waals surface area contributed by atoms with Crippen LogP contribution in [0.1, 0.15) is 24.0 Å². The van der Waals surface area contributed by atoms with Crippen molar-refractivity contribution in [1.29, 1.82) is 0 Å². The van der Waals surface area contributed by atoms with Crippen molar-refractivity contribution < 1.29 is 5.11 Å². The van der Waals surface area contributed by atoms with Crippen LogP contribution < -0.4 is 5.56 Å². The summed E-state index contributed by atoms with van der Waals surface area (Å²) in [6, 6.07) is 0. The van der Waals surface area contributed by atoms with E-state index in [9.17, 15) is 4.79 Å². The lowest BCUT2D eigenvalue weighted by atomic mass is 10.2. The van der Waals surface area contributed by atoms with Crippen LogP contribution in [0.3, 0.4) is 0 Å². The third-order valence-electron chi connectivity index (χ3n) is 2.58. The van der Waals surface area contributed by atoms with Crippen molar-refractivity contribution in [2.45, 2.75) is 26.7 Å². The molecule has 0 radical (unpaired) electrons. The fraction of sp³-hybridized carbons (Fsp3) is 0.500. The summed E-state index contributed by atoms with van der Waals surface area (Å²) in [5.74, 6) is 1.15. The average molecular weight is 222 g/mol. The van der Waals surface area contributed by atoms with E-state index < -0.39 is 0 Å². The number of hydrogen-bond donors (Lipinski definition) is 2. The maximum atomic E-state index is 11.7. The Morgan fingerprint density at radius 3 is 2.88 bits per heavy atom. The van der Waals surface area contributed by atoms with Gasteiger partial charge in [-0.05, 0) is 6.92 Å². The Hall–Kier alpha value is -1.69. The first-order chi connectivity index (χ1) is 7.67. The maximum absolute atomic E-state index is 11.7. The van der Waals surface area contributed by atoms with Crippen molar-refractivity contribution in [1.82, 2.24) is 19.6 Å². The number of aliphatic hydroxyl groups excluding tert-OH is 1. The highest BCUT2D eigenvalue weighted by Crippen LogP contribution is 2.05. The standard InChI is InChI=1S/C10H14N4O2/c1-3-8-11-10-12-9(16)7(4-5-15)6(2)14(10)13-8/h15H,3-5H2,1-2H3,(H,11,12,13,16). The number of H-pyrrole nitrogens is 1. The number of hydrogen-bond acceptors (Lipinski definition) is 4. The van der Waals surface area contributed by atoms with Crippen LogP contribution in [0, 0.1) is 6.92 Å². The molecule has 0 aliphatic heterocycles. The van der Waals surface area contributed by atoms with Crippen LogP contribution in [0.2, 0.25) is 0 Å². The minimum absolute atomic E-state index is 0.0508. The van der Waals surface area contributed by atoms with Gasteiger partial charge in [0, 0.05) is 25.0 Å². The molecule has 0 amide bonds. The van der Waals surface area contributed by atoms with Crippen LogP contribution in [0.4, 0.5) is 0 Å². The van der Waals surface area contributed by atoms with E-state index in [0.717, 1.165) is 12.1 Å². The van der Waals surface area contributed by atoms with Crippen molar-refractivity contribution >= 4 is 5.78 Å². The summed E-state index contributed by atoms with van der Waals surface area (Å²) >= 11 is 0. The van der Waals surface area contributed by atoms with Crippen LogP contribution in [-0.4, -0.2) is 31.3 Å². The van der Waals surface area contributed by atoms with Gasteiger partial charge in [-0.1, -0.05) is 6.92 Å². The van der Waals surface area contributed by atoms with Gasteiger partial charge in [0.2, 0.25) is 5.78 Å². The molecule has 2 aromatic rings. The molecule has 0 fully saturated rings. The van der Waals surface area contributed by atoms with E-state index in [1.54, 1.807) is 11.4 Å². The van der Waals surface area contributed by atoms with Gasteiger partial charge in [0.05, 0.1) is 5.69 Å². The van der Waals surface area contributed by atoms with Crippen LogP contribution >= 0.6 is 0 Å². The number of aliphatic hydroxyl groups is 1. The molecular weight excluding hydrogens is 208 g/mol. The van der Waals surface area contributed by atoms with Crippen molar-refractivity contribution in [3.8, 4) is 0 Å². The summed E-state index contributed by atoms with van der Waals surface area (Å²) in [4.78, 5) is 18.5. The Morgan fingerprint density at radius 1 is 1.50 bits per heavy atom. The third kappa shape index (κ3) is 1.61. The van der Waals surface area contributed by atoms with Gasteiger partial charge in [0.25, 0.3) is 5.56 Å². The second-order valence-electron chi connectivity index (χ2n) is 3.61. The number of aromatic amines is 1. The largest absolute Gasteiger partial charge is 0.396 e. The molecule has 0 spiro atoms. The number of aromatic nitrogens is 4. The van der Waals surface area contributed by atoms with Gasteiger partial charge in [-0.3, -0.25) is 9.78 Å². The van der Waals surface area contributed by atoms with Crippen molar-refractivity contribution in [3.63, 3.8) is 0 Å². The zero-order valence-corrected chi connectivity index (χ0v) is 9.32. The lowest BCUT2D eigenvalue weighted by Gasteiger charge is -2.03. The monoisotopic (exact) mass is 222 g/mol. The molecule has 2 aromatic heterocycles. The summed E-state index contributed by atoms with van der Waals surface area (Å²) in [6.45, 7) is 3.71. The van der Waals surface area contributed by atoms with Gasteiger partial charge < -0.3 is 5.11 Å². The molecule has 0 atom stereocenters. The van der Waals surface area contributed by atoms with Gasteiger partial charge in [0.15, 0.2) is 5.82 Å². The molecule has 0 saturated heterocycles. The zero-order valence-electron chi connectivity index (χ0n) is 9.32. The molecule has 2 N–H and O–H groups in total. The first kappa shape index (κ1) is 10.8. The van der Waals surface area contributed by atoms with Gasteiger partial charge in [-0.15, -0.1) is 5.10 Å². The molecule has 0 bridgehead atoms. The number of fused-ring (bicyclic) bond motifs is 1. The van der Waals surface area contributed by atoms with E-state index in [2.05, 4.69) is 15.1 Å². The lowest BCUT2D eigenvalue weighted by Crippen LogP contribution is -2.19. The normalized spacial score (nSPS) is 11.2. The summed E-state index contributed by atoms with van der Waals surface area (Å²) in [6.07, 6.45) is 1.05. The molecule has 2 rings (SSSR count). The van der Waals surface area contributed by atoms with E-state index >= 15 is 0 Å². The first-order valence-electron chi connectivity index (χ1n) is 5.25. The number of nitrogens with one attached hydrogen (secondary N) is 1. The molecule has 0 aliphatic rings. The van der Waals surface area contributed by atoms with Crippen LogP contribution in [0.15, 0.2) is 4.79 Å². The molecular formula is C10H14N4O2. The van der Waals surface area contributed by atoms with Crippen LogP contribution in [0.25, 0.3) is 5.78 Å². The Morgan fingerprint density at radius 2 is 2.25 bits per heavy atom. The van der Waals surface area contributed by atoms with E-state index in [1.165, 1.54) is 0 Å². The molecule has 86 valence electrons. The summed E-state index contributed by atoms with van der Waals surface area (Å²) in [5, 5.41) is 13.2. The molecule has 0 unspecified atom stereocenters. The van der Waals surface area contributed by atoms with Gasteiger partial charge >= 0.3 is 0 Å². The van der Waals surface area contributed by atoms with Gasteiger partial charge in [0.1, 0.15) is 0 Å². The quantitative estimate of drug-likeness (QED) is 0.754. The van der Waals surface area contributed by atoms with Gasteiger partial charge in [-0.25, -0.2) is 4.52 Å². The van der Waals surface area contributed by atoms with E-state index in [4.69, 9.17) is 5.11 Å². The average Bonchev–Trinajstić information content (AvgIpc) is 2.67. The Bertz CT molecular complexity index is 570. The van der Waals surface area contributed by atoms with Gasteiger partial charge in [-0.2, -0.15) is 4.98 Å². The maximum Gasteiger partial charge on any atom is 0.255 e. The first-order valence-corrected chi connectivity index (χ1v) is 5.25. The summed E-state index contributed by atoms with van der Waals surface area (Å²) in [7, 11) is 0. The Labute approximate surface area is 92.0 Å². The second kappa shape index (κ2) is 4.05. The molecule has 0 aliphatic carbocycles. The van der Waals surface area contributed by atoms with Crippen molar-refractivity contribution in [2.24, 2.45) is 0 Å². The fourth-order valence-electron chi connectivity index (χ4n) is 1.69. The van der Waals surface area contributed by atoms with Crippen LogP contribution in [0.5, 0.6) is 0 Å². The third-order valence-corrected chi connectivity index (χ3v) is 2.58. The highest BCUT2D eigenvalue weighted by Gasteiger charge is 2.11. The minimum Gasteiger partial charge on any atom is -0.396 e. The van der Waals surface area contributed by atoms with E-state index in [1.807, 2.05) is 6.92 Å². The fourth-order valence-corrected chi connectivity index (χ4v) is 1.69. The topological polar surface area (TPSA) is 83.3 Å². The second-order valence-corrected chi connectivity index (χ2v) is 3.61. The van der Waals surface area contributed by atoms with Crippen molar-refractivity contribution in [2.75, 3.05) is 6.61 Å². The Balaban J connectivity index is 2.71. The number of nitrogens with zero attached hydrogens (tertiary/aromatic N) is 3. The van der Waals surface area contributed by atoms with Crippen LogP contribution in [-0.2, 0) is 12.8 Å². The number of aryl methyl sites for hydroxylation is 2. The Kier molecular flexibility index (Phi) is 2.74. The zero-order chi connectivity index (χ0) is 11.7. The summed E-state index contributed by atoms with van der Waals surface area (Å²) < 4.78 is 1.62. The highest BCUT2D eigenvalue weighted by molar-refractivity contribution is 5.32. The molecule has 2 heterocycles. The molecule has 16 heavy (non-hydrogen) atoms. The molecule has 0 aromatic carbocycles. The molecule has 6 heteroatoms. The van der Waals surface area contributed by atoms with E-state index in [0.29, 0.717) is 23.6 Å². The molecule has 6 nitrogen and oxygen atoms in total. The molecule has 0 saturated carbocycles. The van der Waals surface area contributed by atoms with Crippen molar-refractivity contribution in [3.05, 3.63) is 27.4 Å². The predicted octanol–water partition coefficient (Wildman–Crippen LogP) is -0.177. The minimum atomic E-state index is -0.200. The number of rotatable bonds is 3. The lowest BCUT2D eigenvalue weighted by molar-refractivity contribution is 0.298. The predicted molar refractivity (Wildman–Crippen MR) is 58.5 cm³/mol. The highest BCUT2D eigenvalue weighted by atomic mass is 16.3. The van der Waals surface area contributed by atoms with E-state index in [-0.39, 0.29) is 12.2 Å². The summed E-state index contributed by atoms with van der Waals surface area (Å²) in [5.41, 5.74) is 1.09. The smallest absolute Gasteiger partial charge is 0.255 e.